The molecule has 0 aliphatic carbocycles. The quantitative estimate of drug-likeness (QED) is 0.347. The molecule has 1 aliphatic heterocycles. The van der Waals surface area contributed by atoms with Crippen molar-refractivity contribution in [2.45, 2.75) is 0 Å². The van der Waals surface area contributed by atoms with E-state index in [1.165, 1.54) is 11.9 Å². The van der Waals surface area contributed by atoms with Crippen molar-refractivity contribution in [1.82, 2.24) is 9.47 Å². The van der Waals surface area contributed by atoms with Gasteiger partial charge in [0.25, 0.3) is 11.8 Å². The topological polar surface area (TPSA) is 66.1 Å². The van der Waals surface area contributed by atoms with Gasteiger partial charge in [-0.3, -0.25) is 14.5 Å². The molecule has 0 atom stereocenters. The number of hydrogen-bond donors (Lipinski definition) is 0. The molecular formula is C28H17N3O2. The summed E-state index contributed by atoms with van der Waals surface area (Å²) in [5, 5.41) is 11.2. The number of para-hydroxylation sites is 1. The summed E-state index contributed by atoms with van der Waals surface area (Å²) in [4.78, 5) is 26.8. The molecule has 2 heterocycles. The van der Waals surface area contributed by atoms with Crippen LogP contribution < -0.4 is 0 Å². The highest BCUT2D eigenvalue weighted by Gasteiger charge is 2.35. The number of rotatable bonds is 2. The van der Waals surface area contributed by atoms with Gasteiger partial charge in [-0.25, -0.2) is 0 Å². The smallest absolute Gasteiger partial charge is 0.263 e. The molecule has 33 heavy (non-hydrogen) atoms. The van der Waals surface area contributed by atoms with Crippen molar-refractivity contribution >= 4 is 33.6 Å². The van der Waals surface area contributed by atoms with Crippen LogP contribution in [0.15, 0.2) is 84.9 Å². The summed E-state index contributed by atoms with van der Waals surface area (Å²) in [6, 6.07) is 29.4. The Morgan fingerprint density at radius 1 is 0.727 bits per heavy atom. The Hall–Kier alpha value is -4.69. The molecule has 6 rings (SSSR count). The van der Waals surface area contributed by atoms with Crippen molar-refractivity contribution < 1.29 is 9.59 Å². The van der Waals surface area contributed by atoms with Gasteiger partial charge in [0.15, 0.2) is 0 Å². The summed E-state index contributed by atoms with van der Waals surface area (Å²) in [5.74, 6) is -0.573. The molecule has 2 amide bonds. The van der Waals surface area contributed by atoms with Crippen molar-refractivity contribution in [2.24, 2.45) is 0 Å². The summed E-state index contributed by atoms with van der Waals surface area (Å²) < 4.78 is 2.07. The number of amides is 2. The molecule has 1 aliphatic rings. The normalized spacial score (nSPS) is 13.0. The largest absolute Gasteiger partial charge is 0.308 e. The van der Waals surface area contributed by atoms with Crippen LogP contribution in [-0.2, 0) is 0 Å². The summed E-state index contributed by atoms with van der Waals surface area (Å²) in [5.41, 5.74) is 6.07. The Morgan fingerprint density at radius 2 is 1.45 bits per heavy atom. The highest BCUT2D eigenvalue weighted by molar-refractivity contribution is 6.23. The van der Waals surface area contributed by atoms with E-state index in [-0.39, 0.29) is 11.8 Å². The van der Waals surface area contributed by atoms with E-state index in [9.17, 15) is 9.59 Å². The van der Waals surface area contributed by atoms with Gasteiger partial charge < -0.3 is 4.57 Å². The minimum atomic E-state index is -0.292. The molecule has 0 radical (unpaired) electrons. The number of aromatic nitrogens is 1. The van der Waals surface area contributed by atoms with Crippen LogP contribution in [0.2, 0.25) is 0 Å². The number of nitrogens with zero attached hydrogens (tertiary/aromatic N) is 3. The SMILES string of the molecule is CN1C(=O)c2cccc(-n3c4ccccc4c4ccc(-c5ccc(C#N)cc5)cc43)c2C1=O. The number of carbonyl (C=O) groups excluding carboxylic acids is 2. The lowest BCUT2D eigenvalue weighted by molar-refractivity contribution is 0.0693. The summed E-state index contributed by atoms with van der Waals surface area (Å²) in [6.07, 6.45) is 0. The first kappa shape index (κ1) is 19.0. The Bertz CT molecular complexity index is 1670. The monoisotopic (exact) mass is 427 g/mol. The van der Waals surface area contributed by atoms with E-state index < -0.39 is 0 Å². The number of nitriles is 1. The van der Waals surface area contributed by atoms with E-state index >= 15 is 0 Å². The predicted octanol–water partition coefficient (Wildman–Crippen LogP) is 5.55. The number of benzene rings is 4. The van der Waals surface area contributed by atoms with Gasteiger partial charge in [-0.2, -0.15) is 5.26 Å². The molecule has 5 nitrogen and oxygen atoms in total. The maximum Gasteiger partial charge on any atom is 0.263 e. The van der Waals surface area contributed by atoms with Crippen molar-refractivity contribution in [2.75, 3.05) is 7.05 Å². The van der Waals surface area contributed by atoms with E-state index in [1.807, 2.05) is 42.5 Å². The van der Waals surface area contributed by atoms with Gasteiger partial charge in [0.1, 0.15) is 0 Å². The molecule has 0 saturated heterocycles. The van der Waals surface area contributed by atoms with Crippen LogP contribution in [0.1, 0.15) is 26.3 Å². The fraction of sp³-hybridized carbons (Fsp3) is 0.0357. The summed E-state index contributed by atoms with van der Waals surface area (Å²) in [7, 11) is 1.52. The van der Waals surface area contributed by atoms with Crippen LogP contribution >= 0.6 is 0 Å². The molecule has 4 aromatic carbocycles. The first-order valence-electron chi connectivity index (χ1n) is 10.6. The number of hydrogen-bond acceptors (Lipinski definition) is 3. The molecule has 0 unspecified atom stereocenters. The molecule has 5 aromatic rings. The minimum Gasteiger partial charge on any atom is -0.308 e. The first-order chi connectivity index (χ1) is 16.1. The highest BCUT2D eigenvalue weighted by atomic mass is 16.2. The Kier molecular flexibility index (Phi) is 3.98. The average Bonchev–Trinajstić information content (AvgIpc) is 3.31. The zero-order chi connectivity index (χ0) is 22.7. The van der Waals surface area contributed by atoms with E-state index in [2.05, 4.69) is 34.9 Å². The summed E-state index contributed by atoms with van der Waals surface area (Å²) in [6.45, 7) is 0. The Labute approximate surface area is 189 Å². The van der Waals surface area contributed by atoms with Crippen LogP contribution in [0.4, 0.5) is 0 Å². The third kappa shape index (κ3) is 2.65. The fourth-order valence-electron chi connectivity index (χ4n) is 4.72. The second-order valence-electron chi connectivity index (χ2n) is 8.14. The van der Waals surface area contributed by atoms with Crippen molar-refractivity contribution in [3.63, 3.8) is 0 Å². The van der Waals surface area contributed by atoms with Gasteiger partial charge in [0, 0.05) is 17.8 Å². The zero-order valence-electron chi connectivity index (χ0n) is 17.7. The van der Waals surface area contributed by atoms with Gasteiger partial charge in [0.2, 0.25) is 0 Å². The third-order valence-corrected chi connectivity index (χ3v) is 6.36. The third-order valence-electron chi connectivity index (χ3n) is 6.36. The maximum atomic E-state index is 13.0. The van der Waals surface area contributed by atoms with Gasteiger partial charge in [-0.1, -0.05) is 48.5 Å². The van der Waals surface area contributed by atoms with E-state index in [4.69, 9.17) is 5.26 Å². The second kappa shape index (κ2) is 6.91. The molecule has 1 aromatic heterocycles. The Balaban J connectivity index is 1.68. The van der Waals surface area contributed by atoms with Crippen LogP contribution in [-0.4, -0.2) is 28.3 Å². The van der Waals surface area contributed by atoms with Gasteiger partial charge in [-0.05, 0) is 47.5 Å². The lowest BCUT2D eigenvalue weighted by Gasteiger charge is -2.12. The van der Waals surface area contributed by atoms with Crippen molar-refractivity contribution in [1.29, 1.82) is 5.26 Å². The van der Waals surface area contributed by atoms with Gasteiger partial charge >= 0.3 is 0 Å². The van der Waals surface area contributed by atoms with Crippen molar-refractivity contribution in [3.8, 4) is 22.9 Å². The maximum absolute atomic E-state index is 13.0. The predicted molar refractivity (Wildman–Crippen MR) is 127 cm³/mol. The zero-order valence-corrected chi connectivity index (χ0v) is 17.7. The second-order valence-corrected chi connectivity index (χ2v) is 8.14. The van der Waals surface area contributed by atoms with Crippen molar-refractivity contribution in [3.05, 3.63) is 102 Å². The fourth-order valence-corrected chi connectivity index (χ4v) is 4.72. The molecule has 0 saturated carbocycles. The molecule has 5 heteroatoms. The van der Waals surface area contributed by atoms with Crippen LogP contribution in [0, 0.1) is 11.3 Å². The van der Waals surface area contributed by atoms with Gasteiger partial charge in [0.05, 0.1) is 39.5 Å². The summed E-state index contributed by atoms with van der Waals surface area (Å²) >= 11 is 0. The highest BCUT2D eigenvalue weighted by Crippen LogP contribution is 2.37. The molecule has 0 N–H and O–H groups in total. The molecule has 0 spiro atoms. The molecular weight excluding hydrogens is 410 g/mol. The van der Waals surface area contributed by atoms with Gasteiger partial charge in [-0.15, -0.1) is 0 Å². The lowest BCUT2D eigenvalue weighted by atomic mass is 10.0. The van der Waals surface area contributed by atoms with E-state index in [0.717, 1.165) is 32.9 Å². The number of fused-ring (bicyclic) bond motifs is 4. The number of imide groups is 1. The van der Waals surface area contributed by atoms with E-state index in [1.54, 1.807) is 18.2 Å². The van der Waals surface area contributed by atoms with E-state index in [0.29, 0.717) is 22.4 Å². The Morgan fingerprint density at radius 3 is 2.24 bits per heavy atom. The first-order valence-corrected chi connectivity index (χ1v) is 10.6. The molecule has 156 valence electrons. The molecule has 0 bridgehead atoms. The molecule has 0 fully saturated rings. The average molecular weight is 427 g/mol. The minimum absolute atomic E-state index is 0.282. The van der Waals surface area contributed by atoms with Crippen LogP contribution in [0.5, 0.6) is 0 Å². The number of carbonyl (C=O) groups is 2. The van der Waals surface area contributed by atoms with Crippen LogP contribution in [0.25, 0.3) is 38.6 Å². The van der Waals surface area contributed by atoms with Crippen LogP contribution in [0.3, 0.4) is 0 Å². The lowest BCUT2D eigenvalue weighted by Crippen LogP contribution is -2.24. The standard InChI is InChI=1S/C28H17N3O2/c1-30-27(32)22-6-4-8-24(26(22)28(30)33)31-23-7-3-2-5-20(23)21-14-13-19(15-25(21)31)18-11-9-17(16-29)10-12-18/h2-15H,1H3.